The van der Waals surface area contributed by atoms with Crippen molar-refractivity contribution in [3.8, 4) is 5.75 Å². The molecule has 0 aromatic heterocycles. The molecule has 2 heterocycles. The van der Waals surface area contributed by atoms with E-state index in [1.165, 1.54) is 25.7 Å². The van der Waals surface area contributed by atoms with E-state index >= 15 is 0 Å². The van der Waals surface area contributed by atoms with E-state index in [4.69, 9.17) is 4.74 Å². The number of halogens is 2. The van der Waals surface area contributed by atoms with Crippen LogP contribution in [0.25, 0.3) is 0 Å². The van der Waals surface area contributed by atoms with Crippen molar-refractivity contribution in [2.45, 2.75) is 31.3 Å². The first kappa shape index (κ1) is 16.0. The summed E-state index contributed by atoms with van der Waals surface area (Å²) in [6.07, 6.45) is 3.23. The summed E-state index contributed by atoms with van der Waals surface area (Å²) >= 11 is 0. The van der Waals surface area contributed by atoms with Gasteiger partial charge in [0.05, 0.1) is 12.7 Å². The van der Waals surface area contributed by atoms with Gasteiger partial charge >= 0.3 is 0 Å². The Labute approximate surface area is 130 Å². The second kappa shape index (κ2) is 6.62. The van der Waals surface area contributed by atoms with Gasteiger partial charge in [0.25, 0.3) is 5.91 Å². The third kappa shape index (κ3) is 3.30. The van der Waals surface area contributed by atoms with E-state index in [1.807, 2.05) is 0 Å². The van der Waals surface area contributed by atoms with E-state index in [2.05, 4.69) is 5.32 Å². The van der Waals surface area contributed by atoms with Crippen LogP contribution in [-0.4, -0.2) is 43.1 Å². The molecule has 116 valence electrons. The van der Waals surface area contributed by atoms with Crippen LogP contribution in [-0.2, 0) is 0 Å². The van der Waals surface area contributed by atoms with Crippen molar-refractivity contribution in [2.75, 3.05) is 20.2 Å². The summed E-state index contributed by atoms with van der Waals surface area (Å²) in [4.78, 5) is 14.2. The van der Waals surface area contributed by atoms with Crippen LogP contribution in [0.3, 0.4) is 0 Å². The summed E-state index contributed by atoms with van der Waals surface area (Å²) in [5, 5.41) is 3.51. The standard InChI is InChI=1S/C15H19FN2O2.ClH/c1-20-12-4-5-13(14(16)8-12)15(19)18-7-6-10-2-3-11(9-18)17-10;/h4-5,8,10-11,17H,2-3,6-7,9H2,1H3;1H. The average molecular weight is 315 g/mol. The summed E-state index contributed by atoms with van der Waals surface area (Å²) in [5.74, 6) is -0.313. The average Bonchev–Trinajstić information content (AvgIpc) is 2.77. The normalized spacial score (nSPS) is 24.2. The van der Waals surface area contributed by atoms with Crippen molar-refractivity contribution in [1.82, 2.24) is 10.2 Å². The summed E-state index contributed by atoms with van der Waals surface area (Å²) < 4.78 is 18.9. The highest BCUT2D eigenvalue weighted by molar-refractivity contribution is 5.94. The quantitative estimate of drug-likeness (QED) is 0.910. The van der Waals surface area contributed by atoms with Gasteiger partial charge in [-0.15, -0.1) is 12.4 Å². The number of carbonyl (C=O) groups is 1. The molecule has 0 spiro atoms. The summed E-state index contributed by atoms with van der Waals surface area (Å²) in [5.41, 5.74) is 0.128. The van der Waals surface area contributed by atoms with E-state index in [0.717, 1.165) is 12.8 Å². The zero-order valence-corrected chi connectivity index (χ0v) is 12.8. The van der Waals surface area contributed by atoms with Crippen LogP contribution >= 0.6 is 12.4 Å². The highest BCUT2D eigenvalue weighted by Crippen LogP contribution is 2.23. The molecule has 1 N–H and O–H groups in total. The number of ether oxygens (including phenoxy) is 1. The van der Waals surface area contributed by atoms with Gasteiger partial charge in [-0.2, -0.15) is 0 Å². The molecule has 1 amide bonds. The molecule has 2 saturated heterocycles. The SMILES string of the molecule is COc1ccc(C(=O)N2CCC3CCC(C2)N3)c(F)c1.Cl. The molecule has 0 saturated carbocycles. The lowest BCUT2D eigenvalue weighted by atomic mass is 10.1. The lowest BCUT2D eigenvalue weighted by molar-refractivity contribution is 0.0743. The maximum atomic E-state index is 14.0. The number of rotatable bonds is 2. The molecule has 21 heavy (non-hydrogen) atoms. The monoisotopic (exact) mass is 314 g/mol. The molecule has 2 atom stereocenters. The first-order valence-electron chi connectivity index (χ1n) is 7.06. The van der Waals surface area contributed by atoms with Crippen LogP contribution in [0.2, 0.25) is 0 Å². The zero-order valence-electron chi connectivity index (χ0n) is 12.0. The van der Waals surface area contributed by atoms with Crippen LogP contribution in [0.4, 0.5) is 4.39 Å². The third-order valence-corrected chi connectivity index (χ3v) is 4.22. The van der Waals surface area contributed by atoms with Crippen molar-refractivity contribution in [1.29, 1.82) is 0 Å². The zero-order chi connectivity index (χ0) is 14.1. The number of methoxy groups -OCH3 is 1. The molecule has 2 bridgehead atoms. The van der Waals surface area contributed by atoms with Crippen LogP contribution < -0.4 is 10.1 Å². The number of fused-ring (bicyclic) bond motifs is 2. The fourth-order valence-electron chi connectivity index (χ4n) is 3.09. The predicted molar refractivity (Wildman–Crippen MR) is 80.7 cm³/mol. The van der Waals surface area contributed by atoms with E-state index in [0.29, 0.717) is 30.9 Å². The second-order valence-electron chi connectivity index (χ2n) is 5.52. The van der Waals surface area contributed by atoms with Crippen molar-refractivity contribution in [3.63, 3.8) is 0 Å². The van der Waals surface area contributed by atoms with Gasteiger partial charge in [-0.1, -0.05) is 0 Å². The molecular formula is C15H20ClFN2O2. The van der Waals surface area contributed by atoms with Gasteiger partial charge in [-0.3, -0.25) is 4.79 Å². The molecule has 4 nitrogen and oxygen atoms in total. The molecule has 2 fully saturated rings. The number of nitrogens with zero attached hydrogens (tertiary/aromatic N) is 1. The maximum absolute atomic E-state index is 14.0. The molecule has 2 aliphatic heterocycles. The predicted octanol–water partition coefficient (Wildman–Crippen LogP) is 2.22. The minimum absolute atomic E-state index is 0. The number of carbonyl (C=O) groups excluding carboxylic acids is 1. The van der Waals surface area contributed by atoms with Gasteiger partial charge in [0.1, 0.15) is 11.6 Å². The Morgan fingerprint density at radius 2 is 2.10 bits per heavy atom. The Kier molecular flexibility index (Phi) is 5.06. The van der Waals surface area contributed by atoms with Crippen LogP contribution in [0, 0.1) is 5.82 Å². The van der Waals surface area contributed by atoms with Crippen molar-refractivity contribution in [3.05, 3.63) is 29.6 Å². The van der Waals surface area contributed by atoms with Crippen molar-refractivity contribution in [2.24, 2.45) is 0 Å². The lowest BCUT2D eigenvalue weighted by Crippen LogP contribution is -2.39. The van der Waals surface area contributed by atoms with Gasteiger partial charge in [0, 0.05) is 31.2 Å². The summed E-state index contributed by atoms with van der Waals surface area (Å²) in [6, 6.07) is 5.26. The topological polar surface area (TPSA) is 41.6 Å². The number of likely N-dealkylation sites (tertiary alicyclic amines) is 1. The smallest absolute Gasteiger partial charge is 0.256 e. The highest BCUT2D eigenvalue weighted by atomic mass is 35.5. The lowest BCUT2D eigenvalue weighted by Gasteiger charge is -2.24. The Bertz CT molecular complexity index is 526. The number of amides is 1. The Hall–Kier alpha value is -1.33. The fraction of sp³-hybridized carbons (Fsp3) is 0.533. The minimum Gasteiger partial charge on any atom is -0.497 e. The first-order chi connectivity index (χ1) is 9.67. The summed E-state index contributed by atoms with van der Waals surface area (Å²) in [6.45, 7) is 1.36. The number of nitrogens with one attached hydrogen (secondary N) is 1. The van der Waals surface area contributed by atoms with Gasteiger partial charge in [0.15, 0.2) is 0 Å². The second-order valence-corrected chi connectivity index (χ2v) is 5.52. The molecule has 6 heteroatoms. The maximum Gasteiger partial charge on any atom is 0.256 e. The van der Waals surface area contributed by atoms with E-state index in [9.17, 15) is 9.18 Å². The fourth-order valence-corrected chi connectivity index (χ4v) is 3.09. The molecular weight excluding hydrogens is 295 g/mol. The van der Waals surface area contributed by atoms with E-state index in [-0.39, 0.29) is 23.9 Å². The largest absolute Gasteiger partial charge is 0.497 e. The number of benzene rings is 1. The van der Waals surface area contributed by atoms with Crippen LogP contribution in [0.1, 0.15) is 29.6 Å². The Morgan fingerprint density at radius 1 is 1.33 bits per heavy atom. The number of hydrogen-bond donors (Lipinski definition) is 1. The molecule has 2 aliphatic rings. The van der Waals surface area contributed by atoms with Crippen LogP contribution in [0.15, 0.2) is 18.2 Å². The molecule has 1 aromatic carbocycles. The van der Waals surface area contributed by atoms with Crippen LogP contribution in [0.5, 0.6) is 5.75 Å². The third-order valence-electron chi connectivity index (χ3n) is 4.22. The Balaban J connectivity index is 0.00000161. The molecule has 1 aromatic rings. The van der Waals surface area contributed by atoms with E-state index < -0.39 is 5.82 Å². The van der Waals surface area contributed by atoms with Crippen molar-refractivity contribution < 1.29 is 13.9 Å². The molecule has 2 unspecified atom stereocenters. The first-order valence-corrected chi connectivity index (χ1v) is 7.06. The highest BCUT2D eigenvalue weighted by Gasteiger charge is 2.32. The van der Waals surface area contributed by atoms with Gasteiger partial charge < -0.3 is 15.0 Å². The molecule has 0 radical (unpaired) electrons. The van der Waals surface area contributed by atoms with Crippen molar-refractivity contribution >= 4 is 18.3 Å². The van der Waals surface area contributed by atoms with Gasteiger partial charge in [0.2, 0.25) is 0 Å². The molecule has 0 aliphatic carbocycles. The Morgan fingerprint density at radius 3 is 2.81 bits per heavy atom. The van der Waals surface area contributed by atoms with Gasteiger partial charge in [-0.05, 0) is 31.4 Å². The summed E-state index contributed by atoms with van der Waals surface area (Å²) in [7, 11) is 1.48. The number of hydrogen-bond acceptors (Lipinski definition) is 3. The van der Waals surface area contributed by atoms with Gasteiger partial charge in [-0.25, -0.2) is 4.39 Å². The van der Waals surface area contributed by atoms with E-state index in [1.54, 1.807) is 11.0 Å². The minimum atomic E-state index is -0.517. The molecule has 3 rings (SSSR count).